The molecule has 0 unspecified atom stereocenters. The molecular formula is C18H26FN3O2. The molecule has 5 nitrogen and oxygen atoms in total. The van der Waals surface area contributed by atoms with Crippen molar-refractivity contribution in [3.8, 4) is 0 Å². The summed E-state index contributed by atoms with van der Waals surface area (Å²) in [6.45, 7) is 3.58. The third kappa shape index (κ3) is 5.92. The number of nitrogens with one attached hydrogen (secondary N) is 1. The molecule has 0 aliphatic heterocycles. The predicted octanol–water partition coefficient (Wildman–Crippen LogP) is 1.77. The molecule has 132 valence electrons. The van der Waals surface area contributed by atoms with E-state index in [1.54, 1.807) is 19.2 Å². The van der Waals surface area contributed by atoms with Gasteiger partial charge in [-0.2, -0.15) is 0 Å². The Morgan fingerprint density at radius 3 is 2.46 bits per heavy atom. The lowest BCUT2D eigenvalue weighted by atomic mass is 10.2. The lowest BCUT2D eigenvalue weighted by molar-refractivity contribution is -0.135. The monoisotopic (exact) mass is 335 g/mol. The number of carbonyl (C=O) groups excluding carboxylic acids is 2. The van der Waals surface area contributed by atoms with Gasteiger partial charge in [-0.1, -0.05) is 19.1 Å². The Labute approximate surface area is 142 Å². The minimum absolute atomic E-state index is 0.0735. The molecule has 1 aliphatic carbocycles. The summed E-state index contributed by atoms with van der Waals surface area (Å²) in [6, 6.07) is 6.77. The van der Waals surface area contributed by atoms with Gasteiger partial charge in [-0.15, -0.1) is 0 Å². The molecule has 2 rings (SSSR count). The zero-order valence-electron chi connectivity index (χ0n) is 14.4. The molecule has 0 atom stereocenters. The Bertz CT molecular complexity index is 558. The molecule has 0 radical (unpaired) electrons. The summed E-state index contributed by atoms with van der Waals surface area (Å²) in [6.07, 6.45) is 3.03. The first-order valence-corrected chi connectivity index (χ1v) is 8.48. The quantitative estimate of drug-likeness (QED) is 0.748. The smallest absolute Gasteiger partial charge is 0.239 e. The van der Waals surface area contributed by atoms with E-state index in [4.69, 9.17) is 0 Å². The lowest BCUT2D eigenvalue weighted by Crippen LogP contribution is -2.43. The number of likely N-dealkylation sites (N-methyl/N-ethyl adjacent to an activating group) is 1. The number of amides is 2. The summed E-state index contributed by atoms with van der Waals surface area (Å²) in [5, 5.41) is 2.77. The zero-order chi connectivity index (χ0) is 17.5. The van der Waals surface area contributed by atoms with Crippen molar-refractivity contribution in [3.63, 3.8) is 0 Å². The van der Waals surface area contributed by atoms with Crippen LogP contribution in [0.4, 0.5) is 4.39 Å². The van der Waals surface area contributed by atoms with E-state index >= 15 is 0 Å². The van der Waals surface area contributed by atoms with E-state index in [-0.39, 0.29) is 30.7 Å². The second kappa shape index (κ2) is 8.78. The van der Waals surface area contributed by atoms with E-state index in [1.807, 2.05) is 6.92 Å². The van der Waals surface area contributed by atoms with Gasteiger partial charge in [-0.05, 0) is 37.0 Å². The number of nitrogens with zero attached hydrogens (tertiary/aromatic N) is 2. The first-order valence-electron chi connectivity index (χ1n) is 8.48. The Kier molecular flexibility index (Phi) is 6.73. The topological polar surface area (TPSA) is 52.7 Å². The number of benzene rings is 1. The average Bonchev–Trinajstić information content (AvgIpc) is 3.39. The molecule has 1 aliphatic rings. The van der Waals surface area contributed by atoms with Gasteiger partial charge in [0.05, 0.1) is 13.1 Å². The van der Waals surface area contributed by atoms with Crippen LogP contribution in [0, 0.1) is 5.82 Å². The summed E-state index contributed by atoms with van der Waals surface area (Å²) in [7, 11) is 1.65. The van der Waals surface area contributed by atoms with Gasteiger partial charge in [-0.3, -0.25) is 14.5 Å². The number of carbonyl (C=O) groups is 2. The van der Waals surface area contributed by atoms with Crippen molar-refractivity contribution < 1.29 is 14.0 Å². The Morgan fingerprint density at radius 1 is 1.21 bits per heavy atom. The van der Waals surface area contributed by atoms with Crippen molar-refractivity contribution in [1.82, 2.24) is 15.1 Å². The largest absolute Gasteiger partial charge is 0.355 e. The van der Waals surface area contributed by atoms with Gasteiger partial charge in [0.25, 0.3) is 0 Å². The highest BCUT2D eigenvalue weighted by atomic mass is 19.1. The van der Waals surface area contributed by atoms with Crippen molar-refractivity contribution in [3.05, 3.63) is 35.6 Å². The highest BCUT2D eigenvalue weighted by Gasteiger charge is 2.31. The van der Waals surface area contributed by atoms with Gasteiger partial charge < -0.3 is 10.2 Å². The first-order chi connectivity index (χ1) is 11.5. The van der Waals surface area contributed by atoms with Crippen LogP contribution >= 0.6 is 0 Å². The maximum atomic E-state index is 13.0. The third-order valence-electron chi connectivity index (χ3n) is 4.08. The van der Waals surface area contributed by atoms with Crippen molar-refractivity contribution in [2.24, 2.45) is 0 Å². The maximum Gasteiger partial charge on any atom is 0.239 e. The van der Waals surface area contributed by atoms with E-state index in [9.17, 15) is 14.0 Å². The fourth-order valence-corrected chi connectivity index (χ4v) is 2.50. The summed E-state index contributed by atoms with van der Waals surface area (Å²) in [5.41, 5.74) is 0.986. The molecule has 24 heavy (non-hydrogen) atoms. The average molecular weight is 335 g/mol. The maximum absolute atomic E-state index is 13.0. The van der Waals surface area contributed by atoms with Crippen molar-refractivity contribution in [2.75, 3.05) is 26.7 Å². The fourth-order valence-electron chi connectivity index (χ4n) is 2.50. The van der Waals surface area contributed by atoms with Crippen LogP contribution in [-0.4, -0.2) is 54.3 Å². The molecule has 1 aromatic rings. The van der Waals surface area contributed by atoms with Gasteiger partial charge in [0.2, 0.25) is 11.8 Å². The van der Waals surface area contributed by atoms with Crippen LogP contribution in [0.3, 0.4) is 0 Å². The van der Waals surface area contributed by atoms with E-state index in [0.717, 1.165) is 24.8 Å². The van der Waals surface area contributed by atoms with Gasteiger partial charge in [0, 0.05) is 26.2 Å². The standard InChI is InChI=1S/C18H26FN3O2/c1-3-10-20-17(23)12-21(2)18(24)13-22(16-8-9-16)11-14-4-6-15(19)7-5-14/h4-7,16H,3,8-13H2,1-2H3,(H,20,23). The molecular weight excluding hydrogens is 309 g/mol. The van der Waals surface area contributed by atoms with Gasteiger partial charge in [0.15, 0.2) is 0 Å². The Morgan fingerprint density at radius 2 is 1.88 bits per heavy atom. The van der Waals surface area contributed by atoms with Crippen LogP contribution in [0.15, 0.2) is 24.3 Å². The summed E-state index contributed by atoms with van der Waals surface area (Å²) >= 11 is 0. The van der Waals surface area contributed by atoms with E-state index in [2.05, 4.69) is 10.2 Å². The Balaban J connectivity index is 1.86. The van der Waals surface area contributed by atoms with Crippen molar-refractivity contribution >= 4 is 11.8 Å². The molecule has 0 bridgehead atoms. The highest BCUT2D eigenvalue weighted by molar-refractivity contribution is 5.85. The molecule has 0 aromatic heterocycles. The molecule has 0 saturated heterocycles. The molecule has 0 heterocycles. The molecule has 2 amide bonds. The van der Waals surface area contributed by atoms with Crippen LogP contribution in [0.5, 0.6) is 0 Å². The predicted molar refractivity (Wildman–Crippen MR) is 90.8 cm³/mol. The number of halogens is 1. The summed E-state index contributed by atoms with van der Waals surface area (Å²) < 4.78 is 13.0. The normalized spacial score (nSPS) is 13.8. The van der Waals surface area contributed by atoms with Crippen LogP contribution < -0.4 is 5.32 Å². The number of hydrogen-bond donors (Lipinski definition) is 1. The fraction of sp³-hybridized carbons (Fsp3) is 0.556. The van der Waals surface area contributed by atoms with Gasteiger partial charge in [-0.25, -0.2) is 4.39 Å². The SMILES string of the molecule is CCCNC(=O)CN(C)C(=O)CN(Cc1ccc(F)cc1)C1CC1. The number of rotatable bonds is 9. The minimum Gasteiger partial charge on any atom is -0.355 e. The summed E-state index contributed by atoms with van der Waals surface area (Å²) in [4.78, 5) is 27.7. The highest BCUT2D eigenvalue weighted by Crippen LogP contribution is 2.28. The van der Waals surface area contributed by atoms with Crippen molar-refractivity contribution in [1.29, 1.82) is 0 Å². The van der Waals surface area contributed by atoms with Crippen LogP contribution in [0.1, 0.15) is 31.7 Å². The van der Waals surface area contributed by atoms with E-state index < -0.39 is 0 Å². The molecule has 1 fully saturated rings. The molecule has 0 spiro atoms. The van der Waals surface area contributed by atoms with Crippen LogP contribution in [0.2, 0.25) is 0 Å². The lowest BCUT2D eigenvalue weighted by Gasteiger charge is -2.25. The van der Waals surface area contributed by atoms with Gasteiger partial charge in [0.1, 0.15) is 5.82 Å². The first kappa shape index (κ1) is 18.4. The second-order valence-corrected chi connectivity index (χ2v) is 6.36. The van der Waals surface area contributed by atoms with Crippen LogP contribution in [-0.2, 0) is 16.1 Å². The summed E-state index contributed by atoms with van der Waals surface area (Å²) in [5.74, 6) is -0.467. The molecule has 1 aromatic carbocycles. The molecule has 6 heteroatoms. The van der Waals surface area contributed by atoms with Gasteiger partial charge >= 0.3 is 0 Å². The van der Waals surface area contributed by atoms with E-state index in [1.165, 1.54) is 17.0 Å². The van der Waals surface area contributed by atoms with E-state index in [0.29, 0.717) is 19.1 Å². The van der Waals surface area contributed by atoms with Crippen molar-refractivity contribution in [2.45, 2.75) is 38.8 Å². The minimum atomic E-state index is -0.259. The second-order valence-electron chi connectivity index (χ2n) is 6.36. The number of hydrogen-bond acceptors (Lipinski definition) is 3. The Hall–Kier alpha value is -1.95. The molecule has 1 N–H and O–H groups in total. The molecule has 1 saturated carbocycles. The third-order valence-corrected chi connectivity index (χ3v) is 4.08. The van der Waals surface area contributed by atoms with Crippen LogP contribution in [0.25, 0.3) is 0 Å². The zero-order valence-corrected chi connectivity index (χ0v) is 14.4.